The summed E-state index contributed by atoms with van der Waals surface area (Å²) < 4.78 is 28.4. The molecule has 21 heavy (non-hydrogen) atoms. The van der Waals surface area contributed by atoms with Gasteiger partial charge in [-0.3, -0.25) is 0 Å². The Balaban J connectivity index is 2.27. The second-order valence-corrected chi connectivity index (χ2v) is 7.27. The summed E-state index contributed by atoms with van der Waals surface area (Å²) in [6.07, 6.45) is 0.850. The molecule has 0 aliphatic heterocycles. The van der Waals surface area contributed by atoms with E-state index >= 15 is 0 Å². The van der Waals surface area contributed by atoms with E-state index in [1.165, 1.54) is 5.56 Å². The molecule has 0 aliphatic carbocycles. The molecule has 0 unspecified atom stereocenters. The zero-order chi connectivity index (χ0) is 15.3. The topological polar surface area (TPSA) is 43.4 Å². The highest BCUT2D eigenvalue weighted by Crippen LogP contribution is 2.23. The van der Waals surface area contributed by atoms with Crippen LogP contribution in [0.25, 0.3) is 11.1 Å². The predicted molar refractivity (Wildman–Crippen MR) is 85.4 cm³/mol. The summed E-state index contributed by atoms with van der Waals surface area (Å²) in [6.45, 7) is 0.677. The molecule has 0 amide bonds. The lowest BCUT2D eigenvalue weighted by Crippen LogP contribution is -2.01. The van der Waals surface area contributed by atoms with Crippen molar-refractivity contribution in [3.05, 3.63) is 54.1 Å². The molecule has 0 bridgehead atoms. The van der Waals surface area contributed by atoms with E-state index in [9.17, 15) is 8.42 Å². The number of benzene rings is 2. The number of ether oxygens (including phenoxy) is 1. The molecule has 0 atom stereocenters. The summed E-state index contributed by atoms with van der Waals surface area (Å²) in [5.41, 5.74) is 3.22. The fraction of sp³-hybridized carbons (Fsp3) is 0.250. The molecular weight excluding hydrogens is 308 g/mol. The van der Waals surface area contributed by atoms with Crippen molar-refractivity contribution in [1.29, 1.82) is 0 Å². The van der Waals surface area contributed by atoms with Crippen molar-refractivity contribution in [2.45, 2.75) is 11.3 Å². The SMILES string of the molecule is COCCc1cccc(-c2ccc(S(=O)(=O)CCl)cc2)c1. The van der Waals surface area contributed by atoms with Crippen LogP contribution < -0.4 is 0 Å². The van der Waals surface area contributed by atoms with E-state index in [1.807, 2.05) is 12.1 Å². The highest BCUT2D eigenvalue weighted by atomic mass is 35.5. The normalized spacial score (nSPS) is 11.5. The summed E-state index contributed by atoms with van der Waals surface area (Å²) in [7, 11) is -1.69. The van der Waals surface area contributed by atoms with Crippen LogP contribution in [0.4, 0.5) is 0 Å². The molecule has 2 rings (SSSR count). The average Bonchev–Trinajstić information content (AvgIpc) is 2.53. The molecule has 2 aromatic rings. The van der Waals surface area contributed by atoms with E-state index in [4.69, 9.17) is 16.3 Å². The molecule has 0 spiro atoms. The van der Waals surface area contributed by atoms with Crippen molar-refractivity contribution < 1.29 is 13.2 Å². The Labute approximate surface area is 130 Å². The minimum absolute atomic E-state index is 0.247. The van der Waals surface area contributed by atoms with Crippen LogP contribution in [0.5, 0.6) is 0 Å². The first-order valence-corrected chi connectivity index (χ1v) is 8.72. The van der Waals surface area contributed by atoms with Gasteiger partial charge in [0.05, 0.1) is 11.5 Å². The van der Waals surface area contributed by atoms with Gasteiger partial charge in [0.2, 0.25) is 0 Å². The molecule has 0 N–H and O–H groups in total. The first kappa shape index (κ1) is 16.0. The quantitative estimate of drug-likeness (QED) is 0.764. The molecular formula is C16H17ClO3S. The number of methoxy groups -OCH3 is 1. The first-order valence-electron chi connectivity index (χ1n) is 6.54. The van der Waals surface area contributed by atoms with Gasteiger partial charge in [-0.25, -0.2) is 8.42 Å². The zero-order valence-electron chi connectivity index (χ0n) is 11.8. The molecule has 0 fully saturated rings. The maximum Gasteiger partial charge on any atom is 0.192 e. The van der Waals surface area contributed by atoms with Crippen LogP contribution in [0.1, 0.15) is 5.56 Å². The van der Waals surface area contributed by atoms with E-state index in [0.717, 1.165) is 17.5 Å². The van der Waals surface area contributed by atoms with Crippen LogP contribution >= 0.6 is 11.6 Å². The molecule has 3 nitrogen and oxygen atoms in total. The molecule has 0 heterocycles. The Hall–Kier alpha value is -1.36. The van der Waals surface area contributed by atoms with Crippen LogP contribution in [0.15, 0.2) is 53.4 Å². The van der Waals surface area contributed by atoms with Gasteiger partial charge in [0.1, 0.15) is 5.21 Å². The van der Waals surface area contributed by atoms with E-state index < -0.39 is 15.0 Å². The van der Waals surface area contributed by atoms with E-state index in [-0.39, 0.29) is 4.90 Å². The zero-order valence-corrected chi connectivity index (χ0v) is 13.3. The van der Waals surface area contributed by atoms with Gasteiger partial charge in [-0.1, -0.05) is 36.4 Å². The Morgan fingerprint density at radius 1 is 1.05 bits per heavy atom. The summed E-state index contributed by atoms with van der Waals surface area (Å²) in [6, 6.07) is 14.9. The van der Waals surface area contributed by atoms with Crippen molar-refractivity contribution in [3.63, 3.8) is 0 Å². The maximum atomic E-state index is 11.7. The molecule has 0 aromatic heterocycles. The molecule has 0 aliphatic rings. The van der Waals surface area contributed by atoms with Gasteiger partial charge in [-0.15, -0.1) is 11.6 Å². The number of hydrogen-bond donors (Lipinski definition) is 0. The predicted octanol–water partition coefficient (Wildman–Crippen LogP) is 3.51. The van der Waals surface area contributed by atoms with Crippen molar-refractivity contribution in [2.75, 3.05) is 18.9 Å². The van der Waals surface area contributed by atoms with Crippen LogP contribution in [0, 0.1) is 0 Å². The summed E-state index contributed by atoms with van der Waals surface area (Å²) in [5.74, 6) is 0. The third kappa shape index (κ3) is 4.06. The van der Waals surface area contributed by atoms with Gasteiger partial charge < -0.3 is 4.74 Å². The molecule has 0 saturated carbocycles. The minimum atomic E-state index is -3.37. The third-order valence-corrected chi connectivity index (χ3v) is 5.35. The first-order chi connectivity index (χ1) is 10.1. The number of sulfone groups is 1. The lowest BCUT2D eigenvalue weighted by atomic mass is 10.0. The lowest BCUT2D eigenvalue weighted by Gasteiger charge is -2.07. The molecule has 2 aromatic carbocycles. The van der Waals surface area contributed by atoms with Crippen molar-refractivity contribution in [1.82, 2.24) is 0 Å². The molecule has 112 valence electrons. The maximum absolute atomic E-state index is 11.7. The van der Waals surface area contributed by atoms with Gasteiger partial charge in [-0.05, 0) is 35.2 Å². The summed E-state index contributed by atoms with van der Waals surface area (Å²) in [5, 5.41) is -0.404. The fourth-order valence-corrected chi connectivity index (χ4v) is 3.10. The fourth-order valence-electron chi connectivity index (χ4n) is 2.04. The van der Waals surface area contributed by atoms with Gasteiger partial charge in [-0.2, -0.15) is 0 Å². The monoisotopic (exact) mass is 324 g/mol. The second kappa shape index (κ2) is 7.07. The average molecular weight is 325 g/mol. The Bertz CT molecular complexity index is 694. The molecule has 5 heteroatoms. The smallest absolute Gasteiger partial charge is 0.192 e. The Morgan fingerprint density at radius 3 is 2.38 bits per heavy atom. The van der Waals surface area contributed by atoms with Crippen molar-refractivity contribution in [3.8, 4) is 11.1 Å². The van der Waals surface area contributed by atoms with Crippen molar-refractivity contribution in [2.24, 2.45) is 0 Å². The second-order valence-electron chi connectivity index (χ2n) is 4.69. The summed E-state index contributed by atoms with van der Waals surface area (Å²) in [4.78, 5) is 0.247. The van der Waals surface area contributed by atoms with Gasteiger partial charge in [0, 0.05) is 7.11 Å². The van der Waals surface area contributed by atoms with Gasteiger partial charge in [0.25, 0.3) is 0 Å². The third-order valence-electron chi connectivity index (χ3n) is 3.21. The Kier molecular flexibility index (Phi) is 5.39. The number of halogens is 1. The number of hydrogen-bond acceptors (Lipinski definition) is 3. The molecule has 0 radical (unpaired) electrons. The van der Waals surface area contributed by atoms with Crippen LogP contribution in [0.3, 0.4) is 0 Å². The Morgan fingerprint density at radius 2 is 1.76 bits per heavy atom. The lowest BCUT2D eigenvalue weighted by molar-refractivity contribution is 0.202. The molecule has 0 saturated heterocycles. The van der Waals surface area contributed by atoms with E-state index in [1.54, 1.807) is 31.4 Å². The highest BCUT2D eigenvalue weighted by Gasteiger charge is 2.12. The van der Waals surface area contributed by atoms with Crippen molar-refractivity contribution >= 4 is 21.4 Å². The van der Waals surface area contributed by atoms with Gasteiger partial charge in [0.15, 0.2) is 9.84 Å². The number of rotatable bonds is 6. The van der Waals surface area contributed by atoms with E-state index in [2.05, 4.69) is 12.1 Å². The van der Waals surface area contributed by atoms with E-state index in [0.29, 0.717) is 6.61 Å². The largest absolute Gasteiger partial charge is 0.384 e. The van der Waals surface area contributed by atoms with Crippen LogP contribution in [-0.4, -0.2) is 27.3 Å². The van der Waals surface area contributed by atoms with Crippen LogP contribution in [0.2, 0.25) is 0 Å². The minimum Gasteiger partial charge on any atom is -0.384 e. The van der Waals surface area contributed by atoms with Gasteiger partial charge >= 0.3 is 0 Å². The standard InChI is InChI=1S/C16H17ClO3S/c1-20-10-9-13-3-2-4-15(11-13)14-5-7-16(8-6-14)21(18,19)12-17/h2-8,11H,9-10,12H2,1H3. The highest BCUT2D eigenvalue weighted by molar-refractivity contribution is 7.92. The summed E-state index contributed by atoms with van der Waals surface area (Å²) >= 11 is 5.45. The number of alkyl halides is 1. The van der Waals surface area contributed by atoms with Crippen LogP contribution in [-0.2, 0) is 21.0 Å².